The highest BCUT2D eigenvalue weighted by Crippen LogP contribution is 2.21. The first-order valence-electron chi connectivity index (χ1n) is 4.08. The zero-order chi connectivity index (χ0) is 10.6. The Morgan fingerprint density at radius 3 is 2.79 bits per heavy atom. The molecule has 0 radical (unpaired) electrons. The van der Waals surface area contributed by atoms with E-state index in [1.807, 2.05) is 6.07 Å². The summed E-state index contributed by atoms with van der Waals surface area (Å²) in [4.78, 5) is 11.2. The zero-order valence-corrected chi connectivity index (χ0v) is 8.99. The first-order valence-corrected chi connectivity index (χ1v) is 4.88. The van der Waals surface area contributed by atoms with Crippen molar-refractivity contribution in [2.75, 3.05) is 11.9 Å². The number of nitrogens with one attached hydrogen (secondary N) is 1. The Morgan fingerprint density at radius 1 is 1.57 bits per heavy atom. The molecule has 0 aliphatic heterocycles. The number of aliphatic hydroxyl groups excluding tert-OH is 1. The molecule has 5 heteroatoms. The topological polar surface area (TPSA) is 75.3 Å². The van der Waals surface area contributed by atoms with Gasteiger partial charge in [-0.05, 0) is 28.1 Å². The van der Waals surface area contributed by atoms with Crippen LogP contribution < -0.4 is 11.1 Å². The van der Waals surface area contributed by atoms with Crippen LogP contribution in [0.3, 0.4) is 0 Å². The van der Waals surface area contributed by atoms with Crippen molar-refractivity contribution in [2.45, 2.75) is 6.10 Å². The van der Waals surface area contributed by atoms with Gasteiger partial charge in [-0.15, -0.1) is 0 Å². The fraction of sp³-hybridized carbons (Fsp3) is 0.222. The molecule has 0 aromatic heterocycles. The lowest BCUT2D eigenvalue weighted by molar-refractivity contribution is -0.123. The number of nitrogens with two attached hydrogens (primary N) is 1. The normalized spacial score (nSPS) is 12.2. The van der Waals surface area contributed by atoms with Crippen LogP contribution in [0.1, 0.15) is 0 Å². The number of aliphatic hydroxyl groups is 1. The molecule has 76 valence electrons. The third-order valence-corrected chi connectivity index (χ3v) is 2.35. The zero-order valence-electron chi connectivity index (χ0n) is 7.40. The number of carbonyl (C=O) groups is 1. The van der Waals surface area contributed by atoms with Crippen LogP contribution in [0.2, 0.25) is 0 Å². The molecule has 1 rings (SSSR count). The van der Waals surface area contributed by atoms with Gasteiger partial charge in [0.2, 0.25) is 0 Å². The minimum atomic E-state index is -1.16. The second-order valence-corrected chi connectivity index (χ2v) is 3.57. The molecule has 1 aromatic carbocycles. The highest BCUT2D eigenvalue weighted by Gasteiger charge is 2.13. The van der Waals surface area contributed by atoms with Crippen molar-refractivity contribution >= 4 is 27.5 Å². The van der Waals surface area contributed by atoms with Crippen molar-refractivity contribution in [2.24, 2.45) is 5.73 Å². The maximum absolute atomic E-state index is 11.2. The number of anilines is 1. The SMILES string of the molecule is NCC(O)C(=O)Nc1ccccc1Br. The predicted molar refractivity (Wildman–Crippen MR) is 57.8 cm³/mol. The summed E-state index contributed by atoms with van der Waals surface area (Å²) in [5, 5.41) is 11.7. The lowest BCUT2D eigenvalue weighted by Crippen LogP contribution is -2.34. The predicted octanol–water partition coefficient (Wildman–Crippen LogP) is 0.707. The molecule has 0 spiro atoms. The van der Waals surface area contributed by atoms with Gasteiger partial charge in [0.25, 0.3) is 5.91 Å². The summed E-state index contributed by atoms with van der Waals surface area (Å²) in [6.45, 7) is -0.0870. The van der Waals surface area contributed by atoms with Gasteiger partial charge in [0, 0.05) is 11.0 Å². The van der Waals surface area contributed by atoms with Gasteiger partial charge in [0.05, 0.1) is 5.69 Å². The van der Waals surface area contributed by atoms with Crippen LogP contribution in [0.25, 0.3) is 0 Å². The molecule has 1 amide bonds. The summed E-state index contributed by atoms with van der Waals surface area (Å²) in [7, 11) is 0. The summed E-state index contributed by atoms with van der Waals surface area (Å²) in [5.41, 5.74) is 5.76. The molecule has 1 aromatic rings. The second kappa shape index (κ2) is 5.09. The summed E-state index contributed by atoms with van der Waals surface area (Å²) in [6, 6.07) is 7.14. The molecule has 0 aliphatic carbocycles. The Morgan fingerprint density at radius 2 is 2.21 bits per heavy atom. The molecule has 0 aliphatic rings. The number of halogens is 1. The Bertz CT molecular complexity index is 330. The van der Waals surface area contributed by atoms with Crippen LogP contribution in [0.5, 0.6) is 0 Å². The molecule has 1 unspecified atom stereocenters. The highest BCUT2D eigenvalue weighted by atomic mass is 79.9. The van der Waals surface area contributed by atoms with Crippen LogP contribution >= 0.6 is 15.9 Å². The van der Waals surface area contributed by atoms with Gasteiger partial charge >= 0.3 is 0 Å². The molecule has 4 N–H and O–H groups in total. The lowest BCUT2D eigenvalue weighted by atomic mass is 10.3. The van der Waals surface area contributed by atoms with Crippen molar-refractivity contribution in [1.29, 1.82) is 0 Å². The summed E-state index contributed by atoms with van der Waals surface area (Å²) < 4.78 is 0.762. The molecule has 0 saturated carbocycles. The summed E-state index contributed by atoms with van der Waals surface area (Å²) >= 11 is 3.27. The molecule has 4 nitrogen and oxygen atoms in total. The Labute approximate surface area is 90.2 Å². The molecule has 0 fully saturated rings. The Hall–Kier alpha value is -0.910. The van der Waals surface area contributed by atoms with Gasteiger partial charge in [-0.3, -0.25) is 4.79 Å². The van der Waals surface area contributed by atoms with Gasteiger partial charge in [-0.2, -0.15) is 0 Å². The standard InChI is InChI=1S/C9H11BrN2O2/c10-6-3-1-2-4-7(6)12-9(14)8(13)5-11/h1-4,8,13H,5,11H2,(H,12,14). The van der Waals surface area contributed by atoms with E-state index in [9.17, 15) is 4.79 Å². The van der Waals surface area contributed by atoms with E-state index in [1.165, 1.54) is 0 Å². The van der Waals surface area contributed by atoms with Crippen molar-refractivity contribution in [3.05, 3.63) is 28.7 Å². The fourth-order valence-corrected chi connectivity index (χ4v) is 1.27. The number of amides is 1. The number of hydrogen-bond acceptors (Lipinski definition) is 3. The quantitative estimate of drug-likeness (QED) is 0.748. The van der Waals surface area contributed by atoms with Crippen LogP contribution in [-0.2, 0) is 4.79 Å². The van der Waals surface area contributed by atoms with E-state index >= 15 is 0 Å². The molecule has 0 bridgehead atoms. The lowest BCUT2D eigenvalue weighted by Gasteiger charge is -2.10. The number of benzene rings is 1. The molecule has 0 saturated heterocycles. The van der Waals surface area contributed by atoms with Gasteiger partial charge in [-0.1, -0.05) is 12.1 Å². The number of hydrogen-bond donors (Lipinski definition) is 3. The average molecular weight is 259 g/mol. The largest absolute Gasteiger partial charge is 0.382 e. The van der Waals surface area contributed by atoms with Gasteiger partial charge < -0.3 is 16.2 Å². The maximum Gasteiger partial charge on any atom is 0.254 e. The molecular formula is C9H11BrN2O2. The van der Waals surface area contributed by atoms with Crippen LogP contribution in [0, 0.1) is 0 Å². The van der Waals surface area contributed by atoms with Crippen molar-refractivity contribution < 1.29 is 9.90 Å². The van der Waals surface area contributed by atoms with E-state index in [0.29, 0.717) is 5.69 Å². The van der Waals surface area contributed by atoms with Crippen molar-refractivity contribution in [1.82, 2.24) is 0 Å². The van der Waals surface area contributed by atoms with Crippen molar-refractivity contribution in [3.8, 4) is 0 Å². The summed E-state index contributed by atoms with van der Waals surface area (Å²) in [6.07, 6.45) is -1.16. The fourth-order valence-electron chi connectivity index (χ4n) is 0.886. The average Bonchev–Trinajstić information content (AvgIpc) is 2.20. The number of para-hydroxylation sites is 1. The van der Waals surface area contributed by atoms with E-state index in [-0.39, 0.29) is 6.54 Å². The van der Waals surface area contributed by atoms with Gasteiger partial charge in [0.15, 0.2) is 0 Å². The smallest absolute Gasteiger partial charge is 0.254 e. The van der Waals surface area contributed by atoms with E-state index in [0.717, 1.165) is 4.47 Å². The molecular weight excluding hydrogens is 248 g/mol. The van der Waals surface area contributed by atoms with Gasteiger partial charge in [0.1, 0.15) is 6.10 Å². The number of rotatable bonds is 3. The maximum atomic E-state index is 11.2. The van der Waals surface area contributed by atoms with E-state index in [4.69, 9.17) is 10.8 Å². The second-order valence-electron chi connectivity index (χ2n) is 2.72. The molecule has 14 heavy (non-hydrogen) atoms. The third kappa shape index (κ3) is 2.80. The summed E-state index contributed by atoms with van der Waals surface area (Å²) in [5.74, 6) is -0.501. The third-order valence-electron chi connectivity index (χ3n) is 1.66. The molecule has 1 atom stereocenters. The first kappa shape index (κ1) is 11.2. The van der Waals surface area contributed by atoms with E-state index in [1.54, 1.807) is 18.2 Å². The van der Waals surface area contributed by atoms with E-state index < -0.39 is 12.0 Å². The van der Waals surface area contributed by atoms with E-state index in [2.05, 4.69) is 21.2 Å². The molecule has 0 heterocycles. The van der Waals surface area contributed by atoms with Crippen molar-refractivity contribution in [3.63, 3.8) is 0 Å². The van der Waals surface area contributed by atoms with Crippen LogP contribution in [0.4, 0.5) is 5.69 Å². The van der Waals surface area contributed by atoms with Crippen LogP contribution in [0.15, 0.2) is 28.7 Å². The minimum Gasteiger partial charge on any atom is -0.382 e. The van der Waals surface area contributed by atoms with Gasteiger partial charge in [-0.25, -0.2) is 0 Å². The minimum absolute atomic E-state index is 0.0870. The monoisotopic (exact) mass is 258 g/mol. The highest BCUT2D eigenvalue weighted by molar-refractivity contribution is 9.10. The first-order chi connectivity index (χ1) is 6.65. The Balaban J connectivity index is 2.70. The number of carbonyl (C=O) groups excluding carboxylic acids is 1. The van der Waals surface area contributed by atoms with Crippen LogP contribution in [-0.4, -0.2) is 23.7 Å². The Kier molecular flexibility index (Phi) is 4.06.